The second kappa shape index (κ2) is 14.1. The van der Waals surface area contributed by atoms with Crippen LogP contribution in [0, 0.1) is 65.1 Å². The molecule has 0 aliphatic heterocycles. The van der Waals surface area contributed by atoms with Crippen molar-refractivity contribution in [3.63, 3.8) is 0 Å². The predicted molar refractivity (Wildman–Crippen MR) is 128 cm³/mol. The molecule has 27 heavy (non-hydrogen) atoms. The van der Waals surface area contributed by atoms with Gasteiger partial charge in [0.25, 0.3) is 0 Å². The average molecular weight is 383 g/mol. The van der Waals surface area contributed by atoms with Crippen molar-refractivity contribution in [1.82, 2.24) is 0 Å². The second-order valence-electron chi connectivity index (χ2n) is 11.0. The third-order valence-corrected chi connectivity index (χ3v) is 8.29. The van der Waals surface area contributed by atoms with Gasteiger partial charge < -0.3 is 0 Å². The molecule has 0 amide bonds. The first kappa shape index (κ1) is 29.2. The number of rotatable bonds is 0. The van der Waals surface area contributed by atoms with E-state index in [1.165, 1.54) is 6.42 Å². The molecule has 2 saturated carbocycles. The van der Waals surface area contributed by atoms with Gasteiger partial charge in [-0.1, -0.05) is 110 Å². The normalized spacial score (nSPS) is 43.1. The first-order chi connectivity index (χ1) is 12.3. The summed E-state index contributed by atoms with van der Waals surface area (Å²) in [5.41, 5.74) is 0. The number of hydrogen-bond donors (Lipinski definition) is 0. The molecule has 0 N–H and O–H groups in total. The molecule has 0 radical (unpaired) electrons. The quantitative estimate of drug-likeness (QED) is 0.391. The highest BCUT2D eigenvalue weighted by atomic mass is 14.4. The second-order valence-corrected chi connectivity index (χ2v) is 11.0. The lowest BCUT2D eigenvalue weighted by atomic mass is 9.92. The Morgan fingerprint density at radius 3 is 0.444 bits per heavy atom. The van der Waals surface area contributed by atoms with E-state index in [2.05, 4.69) is 104 Å². The van der Waals surface area contributed by atoms with Gasteiger partial charge in [0.15, 0.2) is 0 Å². The molecule has 0 aromatic carbocycles. The molecule has 0 saturated heterocycles. The van der Waals surface area contributed by atoms with Crippen molar-refractivity contribution in [1.29, 1.82) is 0 Å². The van der Waals surface area contributed by atoms with E-state index in [4.69, 9.17) is 0 Å². The molecule has 0 heteroatoms. The molecular weight excluding hydrogens is 324 g/mol. The van der Waals surface area contributed by atoms with Crippen LogP contribution in [0.25, 0.3) is 0 Å². The largest absolute Gasteiger partial charge is 0.0656 e. The summed E-state index contributed by atoms with van der Waals surface area (Å²) in [6, 6.07) is 0. The van der Waals surface area contributed by atoms with Crippen LogP contribution < -0.4 is 0 Å². The summed E-state index contributed by atoms with van der Waals surface area (Å²) in [4.78, 5) is 0. The van der Waals surface area contributed by atoms with Gasteiger partial charge in [0.1, 0.15) is 0 Å². The summed E-state index contributed by atoms with van der Waals surface area (Å²) < 4.78 is 0. The molecule has 2 aliphatic rings. The summed E-state index contributed by atoms with van der Waals surface area (Å²) in [6.07, 6.45) is 1.25. The third kappa shape index (κ3) is 9.36. The Morgan fingerprint density at radius 2 is 0.407 bits per heavy atom. The highest BCUT2D eigenvalue weighted by Crippen LogP contribution is 2.45. The SMILES string of the molecule is CC(C)C.CC1C(C)C(C)C(C)C1C.CC1C(C)C(C)C(C)C1C.CCC. The highest BCUT2D eigenvalue weighted by Gasteiger charge is 2.39. The van der Waals surface area contributed by atoms with Crippen LogP contribution in [-0.4, -0.2) is 0 Å². The predicted octanol–water partition coefficient (Wildman–Crippen LogP) is 9.44. The minimum atomic E-state index is 0.833. The molecule has 0 unspecified atom stereocenters. The van der Waals surface area contributed by atoms with Crippen LogP contribution >= 0.6 is 0 Å². The molecule has 0 atom stereocenters. The van der Waals surface area contributed by atoms with Crippen LogP contribution in [0.3, 0.4) is 0 Å². The summed E-state index contributed by atoms with van der Waals surface area (Å²) in [7, 11) is 0. The van der Waals surface area contributed by atoms with Gasteiger partial charge in [-0.2, -0.15) is 0 Å². The lowest BCUT2D eigenvalue weighted by Crippen LogP contribution is -2.07. The van der Waals surface area contributed by atoms with E-state index in [0.29, 0.717) is 0 Å². The van der Waals surface area contributed by atoms with Crippen LogP contribution in [0.1, 0.15) is 110 Å². The molecule has 0 aromatic rings. The molecule has 166 valence electrons. The van der Waals surface area contributed by atoms with Gasteiger partial charge >= 0.3 is 0 Å². The molecule has 2 rings (SSSR count). The topological polar surface area (TPSA) is 0 Å². The van der Waals surface area contributed by atoms with E-state index in [1.54, 1.807) is 0 Å². The van der Waals surface area contributed by atoms with E-state index < -0.39 is 0 Å². The maximum Gasteiger partial charge on any atom is -0.0386 e. The molecular formula is C27H58. The van der Waals surface area contributed by atoms with Crippen molar-refractivity contribution in [3.8, 4) is 0 Å². The molecule has 0 heterocycles. The highest BCUT2D eigenvalue weighted by molar-refractivity contribution is 4.87. The first-order valence-electron chi connectivity index (χ1n) is 12.3. The molecule has 2 fully saturated rings. The van der Waals surface area contributed by atoms with E-state index in [9.17, 15) is 0 Å². The maximum absolute atomic E-state index is 2.40. The summed E-state index contributed by atoms with van der Waals surface area (Å²) >= 11 is 0. The first-order valence-corrected chi connectivity index (χ1v) is 12.3. The monoisotopic (exact) mass is 382 g/mol. The Balaban J connectivity index is 0. The van der Waals surface area contributed by atoms with Crippen molar-refractivity contribution < 1.29 is 0 Å². The lowest BCUT2D eigenvalue weighted by Gasteiger charge is -2.14. The van der Waals surface area contributed by atoms with Crippen molar-refractivity contribution in [2.75, 3.05) is 0 Å². The Hall–Kier alpha value is 0. The zero-order chi connectivity index (χ0) is 22.1. The number of hydrogen-bond acceptors (Lipinski definition) is 0. The maximum atomic E-state index is 2.40. The van der Waals surface area contributed by atoms with E-state index in [0.717, 1.165) is 65.1 Å². The fourth-order valence-corrected chi connectivity index (χ4v) is 4.79. The van der Waals surface area contributed by atoms with Gasteiger partial charge in [-0.3, -0.25) is 0 Å². The van der Waals surface area contributed by atoms with Crippen molar-refractivity contribution in [2.45, 2.75) is 110 Å². The van der Waals surface area contributed by atoms with Gasteiger partial charge in [0.05, 0.1) is 0 Å². The van der Waals surface area contributed by atoms with E-state index >= 15 is 0 Å². The van der Waals surface area contributed by atoms with Gasteiger partial charge in [-0.15, -0.1) is 0 Å². The summed E-state index contributed by atoms with van der Waals surface area (Å²) in [6.45, 7) is 34.7. The molecule has 0 aromatic heterocycles. The Labute approximate surface area is 175 Å². The van der Waals surface area contributed by atoms with Gasteiger partial charge in [-0.05, 0) is 65.1 Å². The molecule has 0 spiro atoms. The van der Waals surface area contributed by atoms with Crippen LogP contribution in [0.4, 0.5) is 0 Å². The van der Waals surface area contributed by atoms with Crippen LogP contribution in [0.15, 0.2) is 0 Å². The van der Waals surface area contributed by atoms with Crippen molar-refractivity contribution >= 4 is 0 Å². The minimum Gasteiger partial charge on any atom is -0.0656 e. The zero-order valence-electron chi connectivity index (χ0n) is 22.1. The Bertz CT molecular complexity index is 222. The van der Waals surface area contributed by atoms with Crippen LogP contribution in [0.5, 0.6) is 0 Å². The fraction of sp³-hybridized carbons (Fsp3) is 1.00. The lowest BCUT2D eigenvalue weighted by molar-refractivity contribution is 0.352. The van der Waals surface area contributed by atoms with E-state index in [-0.39, 0.29) is 0 Å². The van der Waals surface area contributed by atoms with E-state index in [1.807, 2.05) is 0 Å². The Kier molecular flexibility index (Phi) is 15.2. The molecule has 0 nitrogen and oxygen atoms in total. The average Bonchev–Trinajstić information content (AvgIpc) is 2.86. The standard InChI is InChI=1S/2C10H20.C4H10.C3H8/c2*1-6-7(2)9(4)10(5)8(6)3;1-4(2)3;1-3-2/h2*6-10H,1-5H3;4H,1-3H3;3H2,1-2H3. The minimum absolute atomic E-state index is 0.833. The fourth-order valence-electron chi connectivity index (χ4n) is 4.79. The van der Waals surface area contributed by atoms with Crippen molar-refractivity contribution in [2.24, 2.45) is 65.1 Å². The summed E-state index contributed by atoms with van der Waals surface area (Å²) in [5, 5.41) is 0. The van der Waals surface area contributed by atoms with Gasteiger partial charge in [-0.25, -0.2) is 0 Å². The van der Waals surface area contributed by atoms with Gasteiger partial charge in [0.2, 0.25) is 0 Å². The van der Waals surface area contributed by atoms with Crippen LogP contribution in [-0.2, 0) is 0 Å². The smallest absolute Gasteiger partial charge is 0.0386 e. The third-order valence-electron chi connectivity index (χ3n) is 8.29. The summed E-state index contributed by atoms with van der Waals surface area (Å²) in [5.74, 6) is 10.2. The Morgan fingerprint density at radius 1 is 0.370 bits per heavy atom. The molecule has 2 aliphatic carbocycles. The molecule has 0 bridgehead atoms. The zero-order valence-corrected chi connectivity index (χ0v) is 22.1. The van der Waals surface area contributed by atoms with Crippen molar-refractivity contribution in [3.05, 3.63) is 0 Å². The van der Waals surface area contributed by atoms with Crippen LogP contribution in [0.2, 0.25) is 0 Å². The van der Waals surface area contributed by atoms with Gasteiger partial charge in [0, 0.05) is 0 Å².